The summed E-state index contributed by atoms with van der Waals surface area (Å²) in [6, 6.07) is 0.596. The van der Waals surface area contributed by atoms with E-state index in [1.165, 1.54) is 38.5 Å². The zero-order valence-electron chi connectivity index (χ0n) is 11.2. The van der Waals surface area contributed by atoms with E-state index >= 15 is 0 Å². The van der Waals surface area contributed by atoms with Crippen molar-refractivity contribution in [2.24, 2.45) is 11.7 Å². The number of hydrogen-bond acceptors (Lipinski definition) is 3. The fourth-order valence-electron chi connectivity index (χ4n) is 3.82. The van der Waals surface area contributed by atoms with E-state index < -0.39 is 5.60 Å². The molecule has 0 aromatic carbocycles. The van der Waals surface area contributed by atoms with Gasteiger partial charge in [0.2, 0.25) is 0 Å². The van der Waals surface area contributed by atoms with Crippen molar-refractivity contribution in [3.05, 3.63) is 0 Å². The zero-order valence-corrected chi connectivity index (χ0v) is 11.2. The fraction of sp³-hybridized carbons (Fsp3) is 1.00. The third-order valence-electron chi connectivity index (χ3n) is 4.82. The third kappa shape index (κ3) is 3.21. The van der Waals surface area contributed by atoms with Crippen molar-refractivity contribution < 1.29 is 5.11 Å². The van der Waals surface area contributed by atoms with E-state index in [0.29, 0.717) is 12.0 Å². The van der Waals surface area contributed by atoms with Crippen LogP contribution in [0.4, 0.5) is 0 Å². The first-order chi connectivity index (χ1) is 8.14. The molecule has 2 aliphatic carbocycles. The van der Waals surface area contributed by atoms with E-state index in [-0.39, 0.29) is 0 Å². The Morgan fingerprint density at radius 2 is 1.82 bits per heavy atom. The maximum absolute atomic E-state index is 10.5. The molecule has 3 heteroatoms. The number of nitrogens with two attached hydrogens (primary N) is 1. The largest absolute Gasteiger partial charge is 0.389 e. The molecule has 0 aromatic rings. The fourth-order valence-corrected chi connectivity index (χ4v) is 3.82. The van der Waals surface area contributed by atoms with Gasteiger partial charge in [0, 0.05) is 12.6 Å². The molecule has 0 amide bonds. The Labute approximate surface area is 105 Å². The Kier molecular flexibility index (Phi) is 4.45. The number of rotatable bonds is 4. The molecule has 0 saturated heterocycles. The second-order valence-corrected chi connectivity index (χ2v) is 6.19. The minimum Gasteiger partial charge on any atom is -0.389 e. The summed E-state index contributed by atoms with van der Waals surface area (Å²) in [4.78, 5) is 2.39. The monoisotopic (exact) mass is 240 g/mol. The van der Waals surface area contributed by atoms with Crippen LogP contribution in [-0.2, 0) is 0 Å². The number of hydrogen-bond donors (Lipinski definition) is 2. The number of nitrogens with zero attached hydrogens (tertiary/aromatic N) is 1. The van der Waals surface area contributed by atoms with Crippen molar-refractivity contribution in [2.45, 2.75) is 63.0 Å². The van der Waals surface area contributed by atoms with Gasteiger partial charge in [0.1, 0.15) is 0 Å². The average Bonchev–Trinajstić information content (AvgIpc) is 2.75. The highest BCUT2D eigenvalue weighted by molar-refractivity contribution is 4.90. The van der Waals surface area contributed by atoms with Crippen LogP contribution in [0.3, 0.4) is 0 Å². The molecule has 3 N–H and O–H groups in total. The maximum atomic E-state index is 10.5. The van der Waals surface area contributed by atoms with Crippen LogP contribution < -0.4 is 5.73 Å². The van der Waals surface area contributed by atoms with Crippen LogP contribution in [0.2, 0.25) is 0 Å². The zero-order chi connectivity index (χ0) is 12.3. The van der Waals surface area contributed by atoms with Crippen molar-refractivity contribution in [2.75, 3.05) is 20.1 Å². The molecule has 0 aliphatic heterocycles. The summed E-state index contributed by atoms with van der Waals surface area (Å²) in [5, 5.41) is 10.5. The first-order valence-electron chi connectivity index (χ1n) is 7.27. The van der Waals surface area contributed by atoms with E-state index in [9.17, 15) is 5.11 Å². The van der Waals surface area contributed by atoms with E-state index in [4.69, 9.17) is 5.73 Å². The van der Waals surface area contributed by atoms with E-state index in [1.54, 1.807) is 0 Å². The molecule has 2 atom stereocenters. The second kappa shape index (κ2) is 5.68. The van der Waals surface area contributed by atoms with E-state index in [2.05, 4.69) is 11.9 Å². The molecule has 2 fully saturated rings. The van der Waals surface area contributed by atoms with Gasteiger partial charge in [-0.2, -0.15) is 0 Å². The Morgan fingerprint density at radius 3 is 2.47 bits per heavy atom. The van der Waals surface area contributed by atoms with Crippen molar-refractivity contribution in [1.82, 2.24) is 4.90 Å². The van der Waals surface area contributed by atoms with Crippen LogP contribution >= 0.6 is 0 Å². The SMILES string of the molecule is CN(CC1(O)CCCC1)C1CCCCC1CN. The van der Waals surface area contributed by atoms with Gasteiger partial charge < -0.3 is 15.7 Å². The summed E-state index contributed by atoms with van der Waals surface area (Å²) in [6.45, 7) is 1.64. The van der Waals surface area contributed by atoms with E-state index in [1.807, 2.05) is 0 Å². The normalized spacial score (nSPS) is 33.2. The predicted molar refractivity (Wildman–Crippen MR) is 70.8 cm³/mol. The lowest BCUT2D eigenvalue weighted by Crippen LogP contribution is -2.49. The molecule has 17 heavy (non-hydrogen) atoms. The molecule has 0 aromatic heterocycles. The van der Waals surface area contributed by atoms with Gasteiger partial charge in [-0.1, -0.05) is 25.7 Å². The number of likely N-dealkylation sites (N-methyl/N-ethyl adjacent to an activating group) is 1. The summed E-state index contributed by atoms with van der Waals surface area (Å²) >= 11 is 0. The van der Waals surface area contributed by atoms with Crippen LogP contribution in [0.15, 0.2) is 0 Å². The lowest BCUT2D eigenvalue weighted by atomic mass is 9.83. The molecular formula is C14H28N2O. The van der Waals surface area contributed by atoms with Crippen LogP contribution in [-0.4, -0.2) is 41.8 Å². The Balaban J connectivity index is 1.91. The third-order valence-corrected chi connectivity index (χ3v) is 4.82. The van der Waals surface area contributed by atoms with Gasteiger partial charge in [0.25, 0.3) is 0 Å². The van der Waals surface area contributed by atoms with Gasteiger partial charge in [-0.05, 0) is 45.2 Å². The molecule has 0 radical (unpaired) electrons. The molecule has 2 aliphatic rings. The van der Waals surface area contributed by atoms with Crippen LogP contribution in [0.1, 0.15) is 51.4 Å². The molecule has 2 unspecified atom stereocenters. The van der Waals surface area contributed by atoms with Crippen molar-refractivity contribution in [3.8, 4) is 0 Å². The average molecular weight is 240 g/mol. The highest BCUT2D eigenvalue weighted by Gasteiger charge is 2.36. The molecule has 3 nitrogen and oxygen atoms in total. The minimum atomic E-state index is -0.411. The highest BCUT2D eigenvalue weighted by atomic mass is 16.3. The molecule has 2 rings (SSSR count). The predicted octanol–water partition coefficient (Wildman–Crippen LogP) is 1.74. The summed E-state index contributed by atoms with van der Waals surface area (Å²) in [7, 11) is 2.18. The van der Waals surface area contributed by atoms with Crippen molar-refractivity contribution in [3.63, 3.8) is 0 Å². The molecule has 100 valence electrons. The summed E-state index contributed by atoms with van der Waals surface area (Å²) in [6.07, 6.45) is 9.53. The molecule has 2 saturated carbocycles. The Morgan fingerprint density at radius 1 is 1.18 bits per heavy atom. The summed E-state index contributed by atoms with van der Waals surface area (Å²) < 4.78 is 0. The summed E-state index contributed by atoms with van der Waals surface area (Å²) in [5.41, 5.74) is 5.47. The van der Waals surface area contributed by atoms with Crippen molar-refractivity contribution in [1.29, 1.82) is 0 Å². The lowest BCUT2D eigenvalue weighted by Gasteiger charge is -2.40. The second-order valence-electron chi connectivity index (χ2n) is 6.19. The van der Waals surface area contributed by atoms with Gasteiger partial charge in [-0.25, -0.2) is 0 Å². The topological polar surface area (TPSA) is 49.5 Å². The van der Waals surface area contributed by atoms with Gasteiger partial charge in [-0.3, -0.25) is 0 Å². The molecule has 0 bridgehead atoms. The molecular weight excluding hydrogens is 212 g/mol. The standard InChI is InChI=1S/C14H28N2O/c1-16(11-14(17)8-4-5-9-14)13-7-3-2-6-12(13)10-15/h12-13,17H,2-11,15H2,1H3. The van der Waals surface area contributed by atoms with Crippen LogP contribution in [0, 0.1) is 5.92 Å². The maximum Gasteiger partial charge on any atom is 0.0774 e. The minimum absolute atomic E-state index is 0.411. The lowest BCUT2D eigenvalue weighted by molar-refractivity contribution is -0.00793. The number of aliphatic hydroxyl groups is 1. The Hall–Kier alpha value is -0.120. The van der Waals surface area contributed by atoms with Crippen LogP contribution in [0.25, 0.3) is 0 Å². The van der Waals surface area contributed by atoms with Gasteiger partial charge >= 0.3 is 0 Å². The first-order valence-corrected chi connectivity index (χ1v) is 7.27. The molecule has 0 heterocycles. The van der Waals surface area contributed by atoms with Gasteiger partial charge in [0.15, 0.2) is 0 Å². The quantitative estimate of drug-likeness (QED) is 0.787. The van der Waals surface area contributed by atoms with E-state index in [0.717, 1.165) is 25.9 Å². The smallest absolute Gasteiger partial charge is 0.0774 e. The van der Waals surface area contributed by atoms with Gasteiger partial charge in [0.05, 0.1) is 5.60 Å². The van der Waals surface area contributed by atoms with Crippen molar-refractivity contribution >= 4 is 0 Å². The highest BCUT2D eigenvalue weighted by Crippen LogP contribution is 2.33. The van der Waals surface area contributed by atoms with Crippen LogP contribution in [0.5, 0.6) is 0 Å². The van der Waals surface area contributed by atoms with Gasteiger partial charge in [-0.15, -0.1) is 0 Å². The molecule has 0 spiro atoms. The first kappa shape index (κ1) is 13.3. The summed E-state index contributed by atoms with van der Waals surface area (Å²) in [5.74, 6) is 0.638. The Bertz CT molecular complexity index is 238.